The molecule has 1 aromatic rings. The minimum absolute atomic E-state index is 0. The van der Waals surface area contributed by atoms with Crippen molar-refractivity contribution in [1.82, 2.24) is 15.1 Å². The zero-order valence-electron chi connectivity index (χ0n) is 17.6. The zero-order chi connectivity index (χ0) is 20.7. The van der Waals surface area contributed by atoms with Crippen molar-refractivity contribution in [2.75, 3.05) is 39.3 Å². The van der Waals surface area contributed by atoms with Gasteiger partial charge in [-0.1, -0.05) is 0 Å². The topological polar surface area (TPSA) is 113 Å². The van der Waals surface area contributed by atoms with Crippen LogP contribution in [0.4, 0.5) is 4.79 Å². The van der Waals surface area contributed by atoms with Gasteiger partial charge in [0.2, 0.25) is 0 Å². The molecule has 3 N–H and O–H groups in total. The number of nitrogens with zero attached hydrogens (tertiary/aromatic N) is 3. The number of furan rings is 1. The Kier molecular flexibility index (Phi) is 9.74. The second-order valence-electron chi connectivity index (χ2n) is 7.74. The molecule has 0 bridgehead atoms. The number of carbonyl (C=O) groups excluding carboxylic acids is 2. The number of hydrogen-bond acceptors (Lipinski definition) is 5. The molecule has 1 aliphatic rings. The number of aryl methyl sites for hydroxylation is 1. The van der Waals surface area contributed by atoms with E-state index in [2.05, 4.69) is 10.3 Å². The molecule has 0 unspecified atom stereocenters. The van der Waals surface area contributed by atoms with Gasteiger partial charge in [0.25, 0.3) is 5.91 Å². The Hall–Kier alpha value is -1.98. The number of ether oxygens (including phenoxy) is 1. The van der Waals surface area contributed by atoms with Gasteiger partial charge in [-0.25, -0.2) is 4.79 Å². The summed E-state index contributed by atoms with van der Waals surface area (Å²) < 4.78 is 10.5. The molecule has 0 spiro atoms. The number of halogens is 1. The number of hydrogen-bond donors (Lipinski definition) is 2. The molecule has 10 heteroatoms. The summed E-state index contributed by atoms with van der Waals surface area (Å²) in [6.45, 7) is 10.7. The largest absolute Gasteiger partial charge is 0.459 e. The molecule has 1 aromatic heterocycles. The fourth-order valence-corrected chi connectivity index (χ4v) is 2.70. The second-order valence-corrected chi connectivity index (χ2v) is 7.74. The number of aliphatic imine (C=N–C) groups is 1. The maximum absolute atomic E-state index is 12.1. The predicted octanol–water partition coefficient (Wildman–Crippen LogP) is 2.19. The highest BCUT2D eigenvalue weighted by atomic mass is 127. The molecule has 2 rings (SSSR count). The van der Waals surface area contributed by atoms with Crippen molar-refractivity contribution in [3.05, 3.63) is 23.7 Å². The highest BCUT2D eigenvalue weighted by Crippen LogP contribution is 2.12. The van der Waals surface area contributed by atoms with Gasteiger partial charge in [-0.3, -0.25) is 9.79 Å². The summed E-state index contributed by atoms with van der Waals surface area (Å²) in [6, 6.07) is 1.75. The quantitative estimate of drug-likeness (QED) is 0.266. The highest BCUT2D eigenvalue weighted by molar-refractivity contribution is 14.0. The molecule has 164 valence electrons. The molecule has 0 atom stereocenters. The van der Waals surface area contributed by atoms with Gasteiger partial charge >= 0.3 is 6.09 Å². The van der Waals surface area contributed by atoms with Crippen LogP contribution in [0.5, 0.6) is 0 Å². The van der Waals surface area contributed by atoms with Crippen molar-refractivity contribution < 1.29 is 18.7 Å². The first-order valence-corrected chi connectivity index (χ1v) is 9.52. The van der Waals surface area contributed by atoms with Crippen molar-refractivity contribution in [2.24, 2.45) is 10.7 Å². The van der Waals surface area contributed by atoms with Crippen LogP contribution in [0.1, 0.15) is 43.3 Å². The number of rotatable bonds is 5. The number of nitrogens with one attached hydrogen (secondary N) is 1. The van der Waals surface area contributed by atoms with Gasteiger partial charge in [-0.05, 0) is 40.2 Å². The molecule has 0 saturated carbocycles. The summed E-state index contributed by atoms with van der Waals surface area (Å²) in [7, 11) is 0. The lowest BCUT2D eigenvalue weighted by Crippen LogP contribution is -2.53. The van der Waals surface area contributed by atoms with E-state index in [4.69, 9.17) is 14.9 Å². The van der Waals surface area contributed by atoms with Gasteiger partial charge in [-0.2, -0.15) is 0 Å². The third-order valence-electron chi connectivity index (χ3n) is 4.22. The standard InChI is InChI=1S/C19H31N5O4.HI/c1-14-6-13-27-15(14)16(25)21-7-5-8-22-17(20)23-9-11-24(12-10-23)18(26)28-19(2,3)4;/h6,13H,5,7-12H2,1-4H3,(H2,20,22)(H,21,25);1H. The van der Waals surface area contributed by atoms with Crippen LogP contribution in [0.15, 0.2) is 21.7 Å². The Balaban J connectivity index is 0.00000420. The molecular weight excluding hydrogens is 489 g/mol. The Labute approximate surface area is 189 Å². The molecule has 9 nitrogen and oxygen atoms in total. The Morgan fingerprint density at radius 1 is 1.24 bits per heavy atom. The number of amides is 2. The van der Waals surface area contributed by atoms with Gasteiger partial charge in [0.15, 0.2) is 11.7 Å². The summed E-state index contributed by atoms with van der Waals surface area (Å²) in [6.07, 6.45) is 1.87. The maximum atomic E-state index is 12.1. The first-order valence-electron chi connectivity index (χ1n) is 9.52. The summed E-state index contributed by atoms with van der Waals surface area (Å²) in [5.74, 6) is 0.570. The number of guanidine groups is 1. The Bertz CT molecular complexity index is 706. The lowest BCUT2D eigenvalue weighted by Gasteiger charge is -2.36. The van der Waals surface area contributed by atoms with Crippen LogP contribution in [-0.2, 0) is 4.74 Å². The molecule has 29 heavy (non-hydrogen) atoms. The Morgan fingerprint density at radius 3 is 2.41 bits per heavy atom. The Morgan fingerprint density at radius 2 is 1.86 bits per heavy atom. The number of carbonyl (C=O) groups is 2. The molecule has 2 amide bonds. The van der Waals surface area contributed by atoms with Crippen molar-refractivity contribution >= 4 is 41.9 Å². The van der Waals surface area contributed by atoms with E-state index in [0.29, 0.717) is 57.4 Å². The monoisotopic (exact) mass is 521 g/mol. The third-order valence-corrected chi connectivity index (χ3v) is 4.22. The second kappa shape index (κ2) is 11.3. The molecule has 1 aliphatic heterocycles. The van der Waals surface area contributed by atoms with Crippen molar-refractivity contribution in [1.29, 1.82) is 0 Å². The molecule has 2 heterocycles. The summed E-state index contributed by atoms with van der Waals surface area (Å²) in [5, 5.41) is 2.80. The van der Waals surface area contributed by atoms with E-state index in [0.717, 1.165) is 5.56 Å². The van der Waals surface area contributed by atoms with Crippen LogP contribution in [0.25, 0.3) is 0 Å². The van der Waals surface area contributed by atoms with Crippen molar-refractivity contribution in [3.8, 4) is 0 Å². The van der Waals surface area contributed by atoms with Crippen LogP contribution in [0.3, 0.4) is 0 Å². The number of nitrogens with two attached hydrogens (primary N) is 1. The average molecular weight is 521 g/mol. The van der Waals surface area contributed by atoms with E-state index in [1.165, 1.54) is 6.26 Å². The maximum Gasteiger partial charge on any atom is 0.410 e. The third kappa shape index (κ3) is 8.11. The summed E-state index contributed by atoms with van der Waals surface area (Å²) in [4.78, 5) is 32.0. The molecule has 1 saturated heterocycles. The van der Waals surface area contributed by atoms with Gasteiger partial charge in [-0.15, -0.1) is 24.0 Å². The van der Waals surface area contributed by atoms with Crippen LogP contribution in [0, 0.1) is 6.92 Å². The smallest absolute Gasteiger partial charge is 0.410 e. The van der Waals surface area contributed by atoms with E-state index < -0.39 is 5.60 Å². The lowest BCUT2D eigenvalue weighted by molar-refractivity contribution is 0.0186. The average Bonchev–Trinajstić information content (AvgIpc) is 3.06. The van der Waals surface area contributed by atoms with Crippen molar-refractivity contribution in [3.63, 3.8) is 0 Å². The van der Waals surface area contributed by atoms with E-state index in [-0.39, 0.29) is 36.0 Å². The van der Waals surface area contributed by atoms with Crippen LogP contribution in [-0.4, -0.2) is 72.6 Å². The fraction of sp³-hybridized carbons (Fsp3) is 0.632. The fourth-order valence-electron chi connectivity index (χ4n) is 2.70. The van der Waals surface area contributed by atoms with Gasteiger partial charge in [0.05, 0.1) is 6.26 Å². The minimum Gasteiger partial charge on any atom is -0.459 e. The van der Waals surface area contributed by atoms with E-state index in [1.54, 1.807) is 11.0 Å². The molecule has 0 aromatic carbocycles. The van der Waals surface area contributed by atoms with Crippen LogP contribution < -0.4 is 11.1 Å². The summed E-state index contributed by atoms with van der Waals surface area (Å²) >= 11 is 0. The molecular formula is C19H32IN5O4. The lowest BCUT2D eigenvalue weighted by atomic mass is 10.2. The van der Waals surface area contributed by atoms with Gasteiger partial charge in [0, 0.05) is 44.8 Å². The van der Waals surface area contributed by atoms with Crippen LogP contribution in [0.2, 0.25) is 0 Å². The van der Waals surface area contributed by atoms with Crippen molar-refractivity contribution in [2.45, 2.75) is 39.7 Å². The minimum atomic E-state index is -0.500. The summed E-state index contributed by atoms with van der Waals surface area (Å²) in [5.41, 5.74) is 6.36. The van der Waals surface area contributed by atoms with Gasteiger partial charge in [0.1, 0.15) is 5.60 Å². The first kappa shape index (κ1) is 25.1. The normalized spacial score (nSPS) is 15.0. The van der Waals surface area contributed by atoms with Crippen LogP contribution >= 0.6 is 24.0 Å². The van der Waals surface area contributed by atoms with E-state index in [1.807, 2.05) is 32.6 Å². The van der Waals surface area contributed by atoms with E-state index in [9.17, 15) is 9.59 Å². The van der Waals surface area contributed by atoms with E-state index >= 15 is 0 Å². The SMILES string of the molecule is Cc1ccoc1C(=O)NCCCN=C(N)N1CCN(C(=O)OC(C)(C)C)CC1.I. The predicted molar refractivity (Wildman–Crippen MR) is 122 cm³/mol. The highest BCUT2D eigenvalue weighted by Gasteiger charge is 2.26. The molecule has 0 radical (unpaired) electrons. The molecule has 1 fully saturated rings. The van der Waals surface area contributed by atoms with Gasteiger partial charge < -0.3 is 30.0 Å². The molecule has 0 aliphatic carbocycles. The number of piperazine rings is 1. The zero-order valence-corrected chi connectivity index (χ0v) is 19.9. The first-order chi connectivity index (χ1) is 13.2.